The van der Waals surface area contributed by atoms with E-state index in [1.165, 1.54) is 28.4 Å². The highest BCUT2D eigenvalue weighted by atomic mass is 32.1. The first-order valence-electron chi connectivity index (χ1n) is 9.99. The number of likely N-dealkylation sites (N-methyl/N-ethyl adjacent to an activating group) is 1. The second-order valence-electron chi connectivity index (χ2n) is 7.46. The fourth-order valence-electron chi connectivity index (χ4n) is 3.31. The van der Waals surface area contributed by atoms with Crippen LogP contribution in [-0.2, 0) is 22.6 Å². The number of amides is 2. The van der Waals surface area contributed by atoms with Gasteiger partial charge in [0.2, 0.25) is 5.91 Å². The van der Waals surface area contributed by atoms with E-state index in [0.717, 1.165) is 0 Å². The number of halogens is 1. The maximum Gasteiger partial charge on any atom is 0.265 e. The SMILES string of the molecule is CN(C)C(=O)[C@H]1CN(C(=O)Cc2csc(COc3ccc(F)cc3)n2)c2ccccc2O1. The van der Waals surface area contributed by atoms with Crippen LogP contribution < -0.4 is 14.4 Å². The van der Waals surface area contributed by atoms with Crippen LogP contribution in [0.3, 0.4) is 0 Å². The number of fused-ring (bicyclic) bond motifs is 1. The third-order valence-electron chi connectivity index (χ3n) is 4.90. The van der Waals surface area contributed by atoms with Crippen molar-refractivity contribution in [2.75, 3.05) is 25.5 Å². The van der Waals surface area contributed by atoms with E-state index in [0.29, 0.717) is 27.9 Å². The summed E-state index contributed by atoms with van der Waals surface area (Å²) in [5.74, 6) is 0.339. The molecule has 7 nitrogen and oxygen atoms in total. The minimum absolute atomic E-state index is 0.0876. The van der Waals surface area contributed by atoms with E-state index in [9.17, 15) is 14.0 Å². The molecule has 1 aliphatic heterocycles. The molecule has 2 heterocycles. The Morgan fingerprint density at radius 2 is 1.97 bits per heavy atom. The maximum atomic E-state index is 13.1. The van der Waals surface area contributed by atoms with Crippen molar-refractivity contribution in [2.45, 2.75) is 19.1 Å². The van der Waals surface area contributed by atoms with Crippen molar-refractivity contribution in [3.05, 3.63) is 70.4 Å². The Bertz CT molecular complexity index is 1120. The molecule has 4 rings (SSSR count). The van der Waals surface area contributed by atoms with Crippen molar-refractivity contribution in [3.63, 3.8) is 0 Å². The Hall–Kier alpha value is -3.46. The maximum absolute atomic E-state index is 13.1. The van der Waals surface area contributed by atoms with Crippen LogP contribution in [0.2, 0.25) is 0 Å². The number of benzene rings is 2. The van der Waals surface area contributed by atoms with Gasteiger partial charge >= 0.3 is 0 Å². The predicted octanol–water partition coefficient (Wildman–Crippen LogP) is 3.29. The Kier molecular flexibility index (Phi) is 6.36. The average molecular weight is 456 g/mol. The average Bonchev–Trinajstić information content (AvgIpc) is 3.24. The molecule has 0 saturated heterocycles. The van der Waals surface area contributed by atoms with E-state index in [-0.39, 0.29) is 37.2 Å². The predicted molar refractivity (Wildman–Crippen MR) is 118 cm³/mol. The van der Waals surface area contributed by atoms with E-state index in [1.807, 2.05) is 11.4 Å². The number of ether oxygens (including phenoxy) is 2. The van der Waals surface area contributed by atoms with Gasteiger partial charge in [0.05, 0.1) is 24.3 Å². The van der Waals surface area contributed by atoms with Crippen molar-refractivity contribution in [1.29, 1.82) is 0 Å². The van der Waals surface area contributed by atoms with Crippen LogP contribution in [0.15, 0.2) is 53.9 Å². The lowest BCUT2D eigenvalue weighted by atomic mass is 10.1. The molecule has 0 spiro atoms. The lowest BCUT2D eigenvalue weighted by Gasteiger charge is -2.35. The van der Waals surface area contributed by atoms with Crippen molar-refractivity contribution < 1.29 is 23.5 Å². The van der Waals surface area contributed by atoms with Crippen molar-refractivity contribution >= 4 is 28.8 Å². The zero-order valence-corrected chi connectivity index (χ0v) is 18.5. The second-order valence-corrected chi connectivity index (χ2v) is 8.41. The number of hydrogen-bond donors (Lipinski definition) is 0. The van der Waals surface area contributed by atoms with Gasteiger partial charge in [-0.15, -0.1) is 11.3 Å². The van der Waals surface area contributed by atoms with Gasteiger partial charge in [0, 0.05) is 19.5 Å². The first-order chi connectivity index (χ1) is 15.4. The molecule has 166 valence electrons. The lowest BCUT2D eigenvalue weighted by Crippen LogP contribution is -2.50. The highest BCUT2D eigenvalue weighted by Crippen LogP contribution is 2.34. The summed E-state index contributed by atoms with van der Waals surface area (Å²) in [6.45, 7) is 0.363. The van der Waals surface area contributed by atoms with Gasteiger partial charge in [-0.25, -0.2) is 9.37 Å². The molecule has 1 atom stereocenters. The highest BCUT2D eigenvalue weighted by molar-refractivity contribution is 7.09. The van der Waals surface area contributed by atoms with Gasteiger partial charge in [0.25, 0.3) is 5.91 Å². The number of anilines is 1. The molecule has 1 aliphatic rings. The first kappa shape index (κ1) is 21.8. The van der Waals surface area contributed by atoms with Gasteiger partial charge in [0.15, 0.2) is 6.10 Å². The number of hydrogen-bond acceptors (Lipinski definition) is 6. The second kappa shape index (κ2) is 9.35. The van der Waals surface area contributed by atoms with E-state index < -0.39 is 6.10 Å². The quantitative estimate of drug-likeness (QED) is 0.571. The summed E-state index contributed by atoms with van der Waals surface area (Å²) in [6, 6.07) is 12.9. The number of carbonyl (C=O) groups is 2. The molecular weight excluding hydrogens is 433 g/mol. The molecule has 9 heteroatoms. The molecule has 3 aromatic rings. The molecular formula is C23H22FN3O4S. The Balaban J connectivity index is 1.44. The Morgan fingerprint density at radius 1 is 1.22 bits per heavy atom. The molecule has 0 N–H and O–H groups in total. The number of nitrogens with zero attached hydrogens (tertiary/aromatic N) is 3. The van der Waals surface area contributed by atoms with Crippen LogP contribution in [-0.4, -0.2) is 48.4 Å². The molecule has 0 saturated carbocycles. The van der Waals surface area contributed by atoms with Crippen LogP contribution in [0, 0.1) is 5.82 Å². The number of aromatic nitrogens is 1. The zero-order valence-electron chi connectivity index (χ0n) is 17.7. The molecule has 0 radical (unpaired) electrons. The minimum Gasteiger partial charge on any atom is -0.486 e. The third kappa shape index (κ3) is 4.88. The van der Waals surface area contributed by atoms with Crippen LogP contribution in [0.4, 0.5) is 10.1 Å². The zero-order chi connectivity index (χ0) is 22.7. The summed E-state index contributed by atoms with van der Waals surface area (Å²) in [6.07, 6.45) is -0.677. The van der Waals surface area contributed by atoms with Crippen LogP contribution in [0.5, 0.6) is 11.5 Å². The molecule has 2 aromatic carbocycles. The number of para-hydroxylation sites is 2. The molecule has 0 unspecified atom stereocenters. The fraction of sp³-hybridized carbons (Fsp3) is 0.261. The summed E-state index contributed by atoms with van der Waals surface area (Å²) in [7, 11) is 3.31. The van der Waals surface area contributed by atoms with Crippen molar-refractivity contribution in [3.8, 4) is 11.5 Å². The summed E-state index contributed by atoms with van der Waals surface area (Å²) in [4.78, 5) is 33.1. The first-order valence-corrected chi connectivity index (χ1v) is 10.9. The van der Waals surface area contributed by atoms with Gasteiger partial charge in [-0.2, -0.15) is 0 Å². The van der Waals surface area contributed by atoms with Gasteiger partial charge < -0.3 is 19.3 Å². The van der Waals surface area contributed by atoms with E-state index in [1.54, 1.807) is 49.3 Å². The van der Waals surface area contributed by atoms with Gasteiger partial charge in [-0.05, 0) is 36.4 Å². The molecule has 0 fully saturated rings. The lowest BCUT2D eigenvalue weighted by molar-refractivity contribution is -0.136. The van der Waals surface area contributed by atoms with Crippen molar-refractivity contribution in [1.82, 2.24) is 9.88 Å². The highest BCUT2D eigenvalue weighted by Gasteiger charge is 2.34. The van der Waals surface area contributed by atoms with Gasteiger partial charge in [0.1, 0.15) is 28.9 Å². The summed E-state index contributed by atoms with van der Waals surface area (Å²) < 4.78 is 24.4. The summed E-state index contributed by atoms with van der Waals surface area (Å²) >= 11 is 1.39. The fourth-order valence-corrected chi connectivity index (χ4v) is 4.01. The Morgan fingerprint density at radius 3 is 2.72 bits per heavy atom. The van der Waals surface area contributed by atoms with E-state index >= 15 is 0 Å². The Labute approximate surface area is 189 Å². The normalized spacial score (nSPS) is 15.0. The summed E-state index contributed by atoms with van der Waals surface area (Å²) in [5.41, 5.74) is 1.26. The van der Waals surface area contributed by atoms with E-state index in [4.69, 9.17) is 9.47 Å². The summed E-state index contributed by atoms with van der Waals surface area (Å²) in [5, 5.41) is 2.52. The number of rotatable bonds is 6. The number of carbonyl (C=O) groups excluding carboxylic acids is 2. The molecule has 2 amide bonds. The molecule has 0 aliphatic carbocycles. The molecule has 32 heavy (non-hydrogen) atoms. The van der Waals surface area contributed by atoms with Crippen LogP contribution >= 0.6 is 11.3 Å². The monoisotopic (exact) mass is 455 g/mol. The van der Waals surface area contributed by atoms with Gasteiger partial charge in [-0.1, -0.05) is 12.1 Å². The van der Waals surface area contributed by atoms with Crippen molar-refractivity contribution in [2.24, 2.45) is 0 Å². The smallest absolute Gasteiger partial charge is 0.265 e. The molecule has 0 bridgehead atoms. The minimum atomic E-state index is -0.765. The standard InChI is InChI=1S/C23H22FN3O4S/c1-26(2)23(29)20-12-27(18-5-3-4-6-19(18)31-20)22(28)11-16-14-32-21(25-16)13-30-17-9-7-15(24)8-10-17/h3-10,14,20H,11-13H2,1-2H3/t20-/m1/s1. The van der Waals surface area contributed by atoms with Crippen LogP contribution in [0.1, 0.15) is 10.7 Å². The topological polar surface area (TPSA) is 72.0 Å². The third-order valence-corrected chi connectivity index (χ3v) is 5.77. The largest absolute Gasteiger partial charge is 0.486 e. The van der Waals surface area contributed by atoms with Gasteiger partial charge in [-0.3, -0.25) is 9.59 Å². The molecule has 1 aromatic heterocycles. The van der Waals surface area contributed by atoms with Crippen LogP contribution in [0.25, 0.3) is 0 Å². The number of thiazole rings is 1. The van der Waals surface area contributed by atoms with E-state index in [2.05, 4.69) is 4.98 Å².